The Labute approximate surface area is 150 Å². The minimum absolute atomic E-state index is 0.0594. The van der Waals surface area contributed by atoms with Gasteiger partial charge in [-0.05, 0) is 52.1 Å². The van der Waals surface area contributed by atoms with Crippen LogP contribution in [-0.4, -0.2) is 28.8 Å². The lowest BCUT2D eigenvalue weighted by Crippen LogP contribution is -2.41. The first-order chi connectivity index (χ1) is 11.3. The fraction of sp³-hybridized carbons (Fsp3) is 0.550. The van der Waals surface area contributed by atoms with Gasteiger partial charge in [0.1, 0.15) is 0 Å². The Morgan fingerprint density at radius 3 is 2.16 bits per heavy atom. The molecule has 0 N–H and O–H groups in total. The van der Waals surface area contributed by atoms with Crippen molar-refractivity contribution in [1.29, 1.82) is 0 Å². The molecular weight excluding hydrogens is 313 g/mol. The van der Waals surface area contributed by atoms with Crippen LogP contribution >= 0.6 is 0 Å². The van der Waals surface area contributed by atoms with Gasteiger partial charge in [0.15, 0.2) is 0 Å². The molecule has 2 aromatic rings. The van der Waals surface area contributed by atoms with Crippen LogP contribution in [0.25, 0.3) is 10.9 Å². The fourth-order valence-electron chi connectivity index (χ4n) is 3.15. The van der Waals surface area contributed by atoms with Crippen molar-refractivity contribution in [3.63, 3.8) is 0 Å². The van der Waals surface area contributed by atoms with E-state index < -0.39 is 23.7 Å². The summed E-state index contributed by atoms with van der Waals surface area (Å²) in [5, 5.41) is 1.03. The number of nitrogens with zero attached hydrogens (tertiary/aromatic N) is 1. The topological polar surface area (TPSA) is 40.5 Å². The molecule has 1 saturated heterocycles. The van der Waals surface area contributed by atoms with Crippen LogP contribution < -0.4 is 5.46 Å². The van der Waals surface area contributed by atoms with Crippen LogP contribution in [0.15, 0.2) is 24.4 Å². The van der Waals surface area contributed by atoms with Crippen molar-refractivity contribution >= 4 is 29.4 Å². The largest absolute Gasteiger partial charge is 0.497 e. The number of hydrogen-bond donors (Lipinski definition) is 0. The van der Waals surface area contributed by atoms with Crippen LogP contribution in [-0.2, 0) is 9.31 Å². The van der Waals surface area contributed by atoms with Crippen LogP contribution in [0, 0.1) is 12.3 Å². The van der Waals surface area contributed by atoms with Gasteiger partial charge in [-0.1, -0.05) is 32.4 Å². The number of rotatable bonds is 1. The van der Waals surface area contributed by atoms with Gasteiger partial charge in [0.05, 0.1) is 16.7 Å². The molecule has 1 aromatic carbocycles. The summed E-state index contributed by atoms with van der Waals surface area (Å²) in [6, 6.07) is 6.15. The van der Waals surface area contributed by atoms with Gasteiger partial charge in [-0.15, -0.1) is 0 Å². The summed E-state index contributed by atoms with van der Waals surface area (Å²) in [5.41, 5.74) is 1.61. The summed E-state index contributed by atoms with van der Waals surface area (Å²) < 4.78 is 14.3. The van der Waals surface area contributed by atoms with E-state index in [-0.39, 0.29) is 5.91 Å². The molecule has 1 aliphatic rings. The molecule has 0 unspecified atom stereocenters. The molecule has 1 aromatic heterocycles. The Kier molecular flexibility index (Phi) is 3.97. The van der Waals surface area contributed by atoms with Gasteiger partial charge in [-0.2, -0.15) is 0 Å². The highest BCUT2D eigenvalue weighted by Gasteiger charge is 2.52. The third-order valence-corrected chi connectivity index (χ3v) is 5.32. The second-order valence-electron chi connectivity index (χ2n) is 9.12. The fourth-order valence-corrected chi connectivity index (χ4v) is 3.15. The predicted molar refractivity (Wildman–Crippen MR) is 102 cm³/mol. The van der Waals surface area contributed by atoms with Gasteiger partial charge in [-0.25, -0.2) is 0 Å². The normalized spacial score (nSPS) is 19.6. The number of aromatic nitrogens is 1. The van der Waals surface area contributed by atoms with Crippen molar-refractivity contribution < 1.29 is 14.1 Å². The Morgan fingerprint density at radius 2 is 1.64 bits per heavy atom. The molecular formula is C20H28BNO3. The maximum atomic E-state index is 12.9. The van der Waals surface area contributed by atoms with E-state index in [0.29, 0.717) is 0 Å². The Morgan fingerprint density at radius 1 is 1.08 bits per heavy atom. The van der Waals surface area contributed by atoms with E-state index in [0.717, 1.165) is 21.9 Å². The molecule has 25 heavy (non-hydrogen) atoms. The van der Waals surface area contributed by atoms with E-state index in [2.05, 4.69) is 19.1 Å². The number of carbonyl (C=O) groups is 1. The molecule has 134 valence electrons. The second-order valence-corrected chi connectivity index (χ2v) is 9.12. The molecule has 4 nitrogen and oxygen atoms in total. The number of aryl methyl sites for hydroxylation is 1. The van der Waals surface area contributed by atoms with Gasteiger partial charge in [-0.3, -0.25) is 9.36 Å². The molecule has 3 rings (SSSR count). The van der Waals surface area contributed by atoms with Crippen molar-refractivity contribution in [3.05, 3.63) is 30.0 Å². The highest BCUT2D eigenvalue weighted by Crippen LogP contribution is 2.37. The Hall–Kier alpha value is -1.59. The summed E-state index contributed by atoms with van der Waals surface area (Å²) in [4.78, 5) is 12.9. The molecule has 0 radical (unpaired) electrons. The molecule has 2 heterocycles. The summed E-state index contributed by atoms with van der Waals surface area (Å²) in [5.74, 6) is 0.0594. The average Bonchev–Trinajstić information content (AvgIpc) is 2.94. The zero-order chi connectivity index (χ0) is 18.8. The molecule has 1 aliphatic heterocycles. The van der Waals surface area contributed by atoms with Gasteiger partial charge in [0.25, 0.3) is 0 Å². The molecule has 0 atom stereocenters. The standard InChI is InChI=1S/C20H28BNO3/c1-13-11-14-9-10-22(17(23)18(2,3)4)16(14)15(12-13)21-24-19(5,6)20(7,8)25-21/h9-12H,1-8H3. The third-order valence-electron chi connectivity index (χ3n) is 5.32. The van der Waals surface area contributed by atoms with Crippen LogP contribution in [0.4, 0.5) is 0 Å². The highest BCUT2D eigenvalue weighted by molar-refractivity contribution is 6.65. The van der Waals surface area contributed by atoms with Gasteiger partial charge >= 0.3 is 7.12 Å². The summed E-state index contributed by atoms with van der Waals surface area (Å²) in [6.45, 7) is 16.0. The van der Waals surface area contributed by atoms with E-state index in [1.54, 1.807) is 4.57 Å². The van der Waals surface area contributed by atoms with E-state index in [1.807, 2.05) is 60.7 Å². The van der Waals surface area contributed by atoms with Crippen LogP contribution in [0.2, 0.25) is 0 Å². The number of benzene rings is 1. The van der Waals surface area contributed by atoms with Gasteiger partial charge < -0.3 is 9.31 Å². The number of fused-ring (bicyclic) bond motifs is 1. The minimum atomic E-state index is -0.492. The second kappa shape index (κ2) is 5.45. The van der Waals surface area contributed by atoms with Crippen molar-refractivity contribution in [1.82, 2.24) is 4.57 Å². The molecule has 5 heteroatoms. The van der Waals surface area contributed by atoms with Crippen molar-refractivity contribution in [2.75, 3.05) is 0 Å². The average molecular weight is 341 g/mol. The maximum absolute atomic E-state index is 12.9. The summed E-state index contributed by atoms with van der Waals surface area (Å²) in [7, 11) is -0.492. The smallest absolute Gasteiger partial charge is 0.399 e. The first kappa shape index (κ1) is 18.2. The van der Waals surface area contributed by atoms with Gasteiger partial charge in [0, 0.05) is 17.1 Å². The van der Waals surface area contributed by atoms with E-state index in [9.17, 15) is 4.79 Å². The predicted octanol–water partition coefficient (Wildman–Crippen LogP) is 3.94. The lowest BCUT2D eigenvalue weighted by Gasteiger charge is -2.32. The first-order valence-corrected chi connectivity index (χ1v) is 8.85. The SMILES string of the molecule is Cc1cc(B2OC(C)(C)C(C)(C)O2)c2c(ccn2C(=O)C(C)(C)C)c1. The number of carbonyl (C=O) groups excluding carboxylic acids is 1. The van der Waals surface area contributed by atoms with E-state index in [4.69, 9.17) is 9.31 Å². The number of hydrogen-bond acceptors (Lipinski definition) is 3. The molecule has 0 spiro atoms. The molecule has 0 aliphatic carbocycles. The molecule has 0 bridgehead atoms. The zero-order valence-corrected chi connectivity index (χ0v) is 16.6. The Bertz CT molecular complexity index is 826. The van der Waals surface area contributed by atoms with Crippen molar-refractivity contribution in [3.8, 4) is 0 Å². The van der Waals surface area contributed by atoms with Gasteiger partial charge in [0.2, 0.25) is 5.91 Å². The first-order valence-electron chi connectivity index (χ1n) is 8.85. The zero-order valence-electron chi connectivity index (χ0n) is 16.6. The highest BCUT2D eigenvalue weighted by atomic mass is 16.7. The monoisotopic (exact) mass is 341 g/mol. The molecule has 1 fully saturated rings. The lowest BCUT2D eigenvalue weighted by atomic mass is 9.77. The lowest BCUT2D eigenvalue weighted by molar-refractivity contribution is 0.00578. The quantitative estimate of drug-likeness (QED) is 0.738. The van der Waals surface area contributed by atoms with Crippen LogP contribution in [0.3, 0.4) is 0 Å². The molecule has 0 saturated carbocycles. The Balaban J connectivity index is 2.19. The third kappa shape index (κ3) is 2.94. The molecule has 0 amide bonds. The summed E-state index contributed by atoms with van der Waals surface area (Å²) >= 11 is 0. The van der Waals surface area contributed by atoms with E-state index in [1.165, 1.54) is 0 Å². The van der Waals surface area contributed by atoms with Crippen molar-refractivity contribution in [2.24, 2.45) is 5.41 Å². The maximum Gasteiger partial charge on any atom is 0.497 e. The minimum Gasteiger partial charge on any atom is -0.399 e. The summed E-state index contributed by atoms with van der Waals surface area (Å²) in [6.07, 6.45) is 1.85. The van der Waals surface area contributed by atoms with Crippen molar-refractivity contribution in [2.45, 2.75) is 66.6 Å². The van der Waals surface area contributed by atoms with Crippen LogP contribution in [0.5, 0.6) is 0 Å². The van der Waals surface area contributed by atoms with E-state index >= 15 is 0 Å². The van der Waals surface area contributed by atoms with Crippen LogP contribution in [0.1, 0.15) is 58.8 Å².